The van der Waals surface area contributed by atoms with Crippen molar-refractivity contribution in [2.45, 2.75) is 207 Å². The highest BCUT2D eigenvalue weighted by atomic mass is 16.5. The van der Waals surface area contributed by atoms with Crippen LogP contribution in [0.5, 0.6) is 0 Å². The molecule has 3 heteroatoms. The molecule has 0 amide bonds. The van der Waals surface area contributed by atoms with E-state index >= 15 is 0 Å². The molecule has 0 aromatic carbocycles. The molecule has 0 fully saturated rings. The zero-order valence-electron chi connectivity index (χ0n) is 29.6. The van der Waals surface area contributed by atoms with E-state index in [2.05, 4.69) is 39.2 Å². The average Bonchev–Trinajstić information content (AvgIpc) is 2.98. The molecule has 252 valence electrons. The first-order valence-electron chi connectivity index (χ1n) is 19.3. The van der Waals surface area contributed by atoms with Crippen molar-refractivity contribution in [2.75, 3.05) is 26.2 Å². The number of unbranched alkanes of at least 4 members (excludes halogenated alkanes) is 15. The second-order valence-corrected chi connectivity index (χ2v) is 13.4. The van der Waals surface area contributed by atoms with Crippen LogP contribution in [0.25, 0.3) is 0 Å². The van der Waals surface area contributed by atoms with Crippen molar-refractivity contribution in [2.24, 2.45) is 5.92 Å². The Morgan fingerprint density at radius 1 is 0.524 bits per heavy atom. The lowest BCUT2D eigenvalue weighted by Crippen LogP contribution is -2.29. The van der Waals surface area contributed by atoms with Crippen LogP contribution in [0.3, 0.4) is 0 Å². The van der Waals surface area contributed by atoms with Gasteiger partial charge in [-0.15, -0.1) is 0 Å². The molecule has 0 radical (unpaired) electrons. The summed E-state index contributed by atoms with van der Waals surface area (Å²) in [5.74, 6) is 1.88. The second kappa shape index (κ2) is 33.4. The smallest absolute Gasteiger partial charge is 0.0982 e. The summed E-state index contributed by atoms with van der Waals surface area (Å²) in [6, 6.07) is 0. The van der Waals surface area contributed by atoms with Crippen molar-refractivity contribution in [3.05, 3.63) is 12.3 Å². The fraction of sp³-hybridized carbons (Fsp3) is 0.949. The van der Waals surface area contributed by atoms with Gasteiger partial charge in [-0.1, -0.05) is 156 Å². The van der Waals surface area contributed by atoms with Crippen molar-refractivity contribution >= 4 is 0 Å². The van der Waals surface area contributed by atoms with Gasteiger partial charge < -0.3 is 14.7 Å². The molecule has 1 unspecified atom stereocenters. The lowest BCUT2D eigenvalue weighted by molar-refractivity contribution is 0.0881. The lowest BCUT2D eigenvalue weighted by atomic mass is 9.91. The summed E-state index contributed by atoms with van der Waals surface area (Å²) in [5, 5.41) is 9.68. The van der Waals surface area contributed by atoms with Gasteiger partial charge in [0.05, 0.1) is 18.5 Å². The van der Waals surface area contributed by atoms with Gasteiger partial charge in [-0.25, -0.2) is 0 Å². The summed E-state index contributed by atoms with van der Waals surface area (Å²) >= 11 is 0. The van der Waals surface area contributed by atoms with Gasteiger partial charge in [0.2, 0.25) is 0 Å². The van der Waals surface area contributed by atoms with Gasteiger partial charge in [0, 0.05) is 13.0 Å². The number of ether oxygens (including phenoxy) is 1. The van der Waals surface area contributed by atoms with E-state index < -0.39 is 0 Å². The number of hydrogen-bond donors (Lipinski definition) is 1. The topological polar surface area (TPSA) is 32.7 Å². The molecule has 0 aromatic rings. The Morgan fingerprint density at radius 3 is 1.48 bits per heavy atom. The maximum atomic E-state index is 9.68. The lowest BCUT2D eigenvalue weighted by Gasteiger charge is -2.24. The standard InChI is InChI=1S/C39H79NO2/c1-6-10-13-16-19-22-29-38(27-9-4)30-26-34-40(35-36-41)33-25-28-37(5)42-39(31-23-20-17-14-11-7-2)32-24-21-18-15-12-8-3/h38-39,41H,5-36H2,1-4H3. The minimum Gasteiger partial charge on any atom is -0.495 e. The first-order chi connectivity index (χ1) is 20.6. The van der Waals surface area contributed by atoms with E-state index in [1.54, 1.807) is 0 Å². The van der Waals surface area contributed by atoms with Gasteiger partial charge in [-0.3, -0.25) is 0 Å². The summed E-state index contributed by atoms with van der Waals surface area (Å²) in [6.45, 7) is 16.8. The van der Waals surface area contributed by atoms with Crippen LogP contribution in [0.2, 0.25) is 0 Å². The monoisotopic (exact) mass is 594 g/mol. The Balaban J connectivity index is 4.43. The van der Waals surface area contributed by atoms with Gasteiger partial charge in [-0.2, -0.15) is 0 Å². The largest absolute Gasteiger partial charge is 0.495 e. The predicted molar refractivity (Wildman–Crippen MR) is 188 cm³/mol. The van der Waals surface area contributed by atoms with E-state index in [4.69, 9.17) is 4.74 Å². The fourth-order valence-corrected chi connectivity index (χ4v) is 6.50. The van der Waals surface area contributed by atoms with Crippen molar-refractivity contribution in [3.8, 4) is 0 Å². The van der Waals surface area contributed by atoms with Crippen LogP contribution >= 0.6 is 0 Å². The molecule has 0 spiro atoms. The van der Waals surface area contributed by atoms with Crippen molar-refractivity contribution < 1.29 is 9.84 Å². The minimum atomic E-state index is 0.256. The third-order valence-corrected chi connectivity index (χ3v) is 9.19. The molecule has 0 heterocycles. The Morgan fingerprint density at radius 2 is 0.976 bits per heavy atom. The molecule has 1 N–H and O–H groups in total. The summed E-state index contributed by atoms with van der Waals surface area (Å²) < 4.78 is 6.49. The highest BCUT2D eigenvalue weighted by Crippen LogP contribution is 2.23. The molecule has 3 nitrogen and oxygen atoms in total. The molecule has 0 saturated heterocycles. The third kappa shape index (κ3) is 28.2. The Bertz CT molecular complexity index is 520. The molecule has 0 saturated carbocycles. The van der Waals surface area contributed by atoms with E-state index in [0.29, 0.717) is 6.10 Å². The maximum absolute atomic E-state index is 9.68. The number of nitrogens with zero attached hydrogens (tertiary/aromatic N) is 1. The number of allylic oxidation sites excluding steroid dienone is 1. The van der Waals surface area contributed by atoms with E-state index in [1.165, 1.54) is 161 Å². The van der Waals surface area contributed by atoms with Crippen LogP contribution < -0.4 is 0 Å². The SMILES string of the molecule is C=C(CCCN(CCO)CCCC(CCC)CCCCCCCC)OC(CCCCCCCC)CCCCCCCC. The van der Waals surface area contributed by atoms with Gasteiger partial charge in [0.1, 0.15) is 0 Å². The number of rotatable bonds is 35. The van der Waals surface area contributed by atoms with Crippen LogP contribution in [0.15, 0.2) is 12.3 Å². The zero-order valence-corrected chi connectivity index (χ0v) is 29.6. The number of aliphatic hydroxyl groups excluding tert-OH is 1. The van der Waals surface area contributed by atoms with Gasteiger partial charge in [0.25, 0.3) is 0 Å². The van der Waals surface area contributed by atoms with Crippen molar-refractivity contribution in [1.29, 1.82) is 0 Å². The molecule has 0 aliphatic heterocycles. The highest BCUT2D eigenvalue weighted by molar-refractivity contribution is 4.85. The Kier molecular flexibility index (Phi) is 32.9. The van der Waals surface area contributed by atoms with Crippen LogP contribution in [0.1, 0.15) is 201 Å². The Hall–Kier alpha value is -0.540. The first-order valence-corrected chi connectivity index (χ1v) is 19.3. The normalized spacial score (nSPS) is 12.5. The van der Waals surface area contributed by atoms with E-state index in [-0.39, 0.29) is 6.61 Å². The summed E-state index contributed by atoms with van der Waals surface area (Å²) in [5.41, 5.74) is 0. The molecular weight excluding hydrogens is 514 g/mol. The molecule has 0 rings (SSSR count). The maximum Gasteiger partial charge on any atom is 0.0982 e. The van der Waals surface area contributed by atoms with Gasteiger partial charge in [-0.05, 0) is 64.0 Å². The van der Waals surface area contributed by atoms with E-state index in [9.17, 15) is 5.11 Å². The minimum absolute atomic E-state index is 0.256. The summed E-state index contributed by atoms with van der Waals surface area (Å²) in [4.78, 5) is 2.48. The molecule has 0 aliphatic carbocycles. The second-order valence-electron chi connectivity index (χ2n) is 13.4. The van der Waals surface area contributed by atoms with Crippen LogP contribution in [-0.2, 0) is 4.74 Å². The summed E-state index contributed by atoms with van der Waals surface area (Å²) in [7, 11) is 0. The van der Waals surface area contributed by atoms with Crippen molar-refractivity contribution in [3.63, 3.8) is 0 Å². The Labute approximate surface area is 266 Å². The molecule has 42 heavy (non-hydrogen) atoms. The fourth-order valence-electron chi connectivity index (χ4n) is 6.50. The van der Waals surface area contributed by atoms with E-state index in [1.807, 2.05) is 0 Å². The predicted octanol–water partition coefficient (Wildman–Crippen LogP) is 12.4. The highest BCUT2D eigenvalue weighted by Gasteiger charge is 2.13. The molecule has 0 aromatic heterocycles. The van der Waals surface area contributed by atoms with Gasteiger partial charge >= 0.3 is 0 Å². The van der Waals surface area contributed by atoms with Crippen LogP contribution in [-0.4, -0.2) is 42.4 Å². The molecular formula is C39H79NO2. The van der Waals surface area contributed by atoms with E-state index in [0.717, 1.165) is 44.2 Å². The molecule has 0 bridgehead atoms. The van der Waals surface area contributed by atoms with Crippen molar-refractivity contribution in [1.82, 2.24) is 4.90 Å². The quantitative estimate of drug-likeness (QED) is 0.0586. The van der Waals surface area contributed by atoms with Crippen LogP contribution in [0.4, 0.5) is 0 Å². The van der Waals surface area contributed by atoms with Crippen LogP contribution in [0, 0.1) is 5.92 Å². The first kappa shape index (κ1) is 41.5. The number of aliphatic hydroxyl groups is 1. The zero-order chi connectivity index (χ0) is 30.9. The molecule has 0 aliphatic rings. The van der Waals surface area contributed by atoms with Gasteiger partial charge in [0.15, 0.2) is 0 Å². The molecule has 1 atom stereocenters. The average molecular weight is 594 g/mol. The number of hydrogen-bond acceptors (Lipinski definition) is 3. The summed E-state index contributed by atoms with van der Waals surface area (Å²) in [6.07, 6.45) is 36.0. The third-order valence-electron chi connectivity index (χ3n) is 9.19.